The molecule has 0 fully saturated rings. The van der Waals surface area contributed by atoms with Crippen molar-refractivity contribution < 1.29 is 8.88 Å². The number of hydrogen-bond donors (Lipinski definition) is 0. The van der Waals surface area contributed by atoms with Crippen LogP contribution in [-0.2, 0) is 0 Å². The summed E-state index contributed by atoms with van der Waals surface area (Å²) in [5.74, 6) is 0. The molecular formula is C21H15N2O2S+. The Balaban J connectivity index is 1.89. The molecule has 126 valence electrons. The number of non-ortho nitro benzene ring substituents is 1. The molecule has 1 aromatic heterocycles. The summed E-state index contributed by atoms with van der Waals surface area (Å²) in [6.45, 7) is 0. The van der Waals surface area contributed by atoms with Gasteiger partial charge in [0.05, 0.1) is 16.6 Å². The topological polar surface area (TPSA) is 47.0 Å². The fourth-order valence-electron chi connectivity index (χ4n) is 2.84. The number of rotatable bonds is 4. The highest BCUT2D eigenvalue weighted by atomic mass is 32.1. The number of nitro benzene ring substituents is 1. The van der Waals surface area contributed by atoms with Gasteiger partial charge in [0.25, 0.3) is 5.69 Å². The van der Waals surface area contributed by atoms with Gasteiger partial charge in [-0.2, -0.15) is 0 Å². The number of aromatic nitrogens is 1. The van der Waals surface area contributed by atoms with Crippen molar-refractivity contribution >= 4 is 17.2 Å². The fraction of sp³-hybridized carbons (Fsp3) is 0. The fourth-order valence-corrected chi connectivity index (χ4v) is 3.93. The molecule has 3 aromatic carbocycles. The van der Waals surface area contributed by atoms with Crippen LogP contribution < -0.4 is 3.96 Å². The van der Waals surface area contributed by atoms with Crippen molar-refractivity contribution in [3.63, 3.8) is 0 Å². The van der Waals surface area contributed by atoms with Gasteiger partial charge in [0.2, 0.25) is 5.69 Å². The molecule has 0 bridgehead atoms. The minimum Gasteiger partial charge on any atom is -0.258 e. The minimum atomic E-state index is -0.367. The second-order valence-electron chi connectivity index (χ2n) is 5.80. The second-order valence-corrected chi connectivity index (χ2v) is 6.78. The average molecular weight is 359 g/mol. The number of nitrogens with zero attached hydrogens (tertiary/aromatic N) is 2. The summed E-state index contributed by atoms with van der Waals surface area (Å²) in [5, 5.41) is 11.1. The van der Waals surface area contributed by atoms with E-state index in [1.54, 1.807) is 23.7 Å². The van der Waals surface area contributed by atoms with Crippen LogP contribution >= 0.6 is 11.5 Å². The molecule has 0 amide bonds. The van der Waals surface area contributed by atoms with Crippen LogP contribution in [-0.4, -0.2) is 4.92 Å². The minimum absolute atomic E-state index is 0.0888. The molecule has 1 heterocycles. The summed E-state index contributed by atoms with van der Waals surface area (Å²) >= 11 is 1.58. The first-order valence-electron chi connectivity index (χ1n) is 8.14. The Morgan fingerprint density at radius 2 is 1.46 bits per heavy atom. The molecule has 4 nitrogen and oxygen atoms in total. The lowest BCUT2D eigenvalue weighted by Gasteiger charge is -1.99. The monoisotopic (exact) mass is 359 g/mol. The third-order valence-corrected chi connectivity index (χ3v) is 5.25. The van der Waals surface area contributed by atoms with Crippen molar-refractivity contribution in [1.82, 2.24) is 0 Å². The largest absolute Gasteiger partial charge is 0.276 e. The van der Waals surface area contributed by atoms with Gasteiger partial charge in [-0.1, -0.05) is 60.7 Å². The first-order chi connectivity index (χ1) is 12.7. The molecule has 0 radical (unpaired) electrons. The highest BCUT2D eigenvalue weighted by Crippen LogP contribution is 2.35. The molecule has 0 aliphatic rings. The molecular weight excluding hydrogens is 344 g/mol. The van der Waals surface area contributed by atoms with E-state index in [2.05, 4.69) is 24.3 Å². The zero-order chi connectivity index (χ0) is 17.9. The predicted octanol–water partition coefficient (Wildman–Crippen LogP) is 5.27. The van der Waals surface area contributed by atoms with Crippen LogP contribution in [0.15, 0.2) is 91.1 Å². The van der Waals surface area contributed by atoms with Gasteiger partial charge >= 0.3 is 0 Å². The van der Waals surface area contributed by atoms with Crippen LogP contribution in [0.25, 0.3) is 27.3 Å². The normalized spacial score (nSPS) is 10.6. The highest BCUT2D eigenvalue weighted by molar-refractivity contribution is 7.06. The maximum absolute atomic E-state index is 11.1. The molecule has 0 unspecified atom stereocenters. The first kappa shape index (κ1) is 16.2. The quantitative estimate of drug-likeness (QED) is 0.283. The summed E-state index contributed by atoms with van der Waals surface area (Å²) in [5.41, 5.74) is 4.22. The van der Waals surface area contributed by atoms with Gasteiger partial charge in [-0.05, 0) is 17.2 Å². The second kappa shape index (κ2) is 6.90. The predicted molar refractivity (Wildman–Crippen MR) is 103 cm³/mol. The molecule has 0 atom stereocenters. The van der Waals surface area contributed by atoms with Gasteiger partial charge in [-0.25, -0.2) is 0 Å². The van der Waals surface area contributed by atoms with Crippen molar-refractivity contribution in [3.8, 4) is 27.3 Å². The maximum Gasteiger partial charge on any atom is 0.276 e. The molecule has 4 aromatic rings. The van der Waals surface area contributed by atoms with E-state index < -0.39 is 0 Å². The van der Waals surface area contributed by atoms with E-state index in [1.807, 2.05) is 52.6 Å². The number of nitro groups is 1. The van der Waals surface area contributed by atoms with Crippen LogP contribution in [0.1, 0.15) is 0 Å². The van der Waals surface area contributed by atoms with E-state index in [0.29, 0.717) is 0 Å². The summed E-state index contributed by atoms with van der Waals surface area (Å²) in [7, 11) is 0. The maximum atomic E-state index is 11.1. The van der Waals surface area contributed by atoms with Gasteiger partial charge in [0.15, 0.2) is 6.20 Å². The SMILES string of the molecule is O=[N+]([O-])c1cccc(-[n+]2cc(-c3ccccc3)c(-c3ccccc3)s2)c1. The van der Waals surface area contributed by atoms with E-state index in [0.717, 1.165) is 27.3 Å². The van der Waals surface area contributed by atoms with Crippen molar-refractivity contribution in [3.05, 3.63) is 101 Å². The Labute approximate surface area is 154 Å². The molecule has 0 N–H and O–H groups in total. The van der Waals surface area contributed by atoms with Crippen molar-refractivity contribution in [2.75, 3.05) is 0 Å². The Bertz CT molecular complexity index is 1000. The van der Waals surface area contributed by atoms with E-state index in [4.69, 9.17) is 0 Å². The van der Waals surface area contributed by atoms with Crippen LogP contribution in [0.2, 0.25) is 0 Å². The third kappa shape index (κ3) is 3.12. The van der Waals surface area contributed by atoms with Crippen LogP contribution in [0.5, 0.6) is 0 Å². The molecule has 4 rings (SSSR count). The molecule has 0 saturated carbocycles. The molecule has 0 spiro atoms. The molecule has 0 aliphatic carbocycles. The Morgan fingerprint density at radius 1 is 0.808 bits per heavy atom. The zero-order valence-electron chi connectivity index (χ0n) is 13.8. The van der Waals surface area contributed by atoms with Gasteiger partial charge in [0, 0.05) is 12.1 Å². The van der Waals surface area contributed by atoms with Crippen LogP contribution in [0.3, 0.4) is 0 Å². The van der Waals surface area contributed by atoms with Gasteiger partial charge < -0.3 is 0 Å². The molecule has 26 heavy (non-hydrogen) atoms. The lowest BCUT2D eigenvalue weighted by Crippen LogP contribution is -2.23. The number of benzene rings is 3. The number of hydrogen-bond acceptors (Lipinski definition) is 3. The van der Waals surface area contributed by atoms with E-state index in [1.165, 1.54) is 6.07 Å². The summed E-state index contributed by atoms with van der Waals surface area (Å²) in [4.78, 5) is 11.9. The summed E-state index contributed by atoms with van der Waals surface area (Å²) < 4.78 is 1.98. The van der Waals surface area contributed by atoms with Crippen molar-refractivity contribution in [2.24, 2.45) is 0 Å². The Kier molecular flexibility index (Phi) is 4.29. The van der Waals surface area contributed by atoms with Crippen LogP contribution in [0.4, 0.5) is 5.69 Å². The Morgan fingerprint density at radius 3 is 2.12 bits per heavy atom. The van der Waals surface area contributed by atoms with Crippen molar-refractivity contribution in [1.29, 1.82) is 0 Å². The lowest BCUT2D eigenvalue weighted by molar-refractivity contribution is -0.519. The molecule has 5 heteroatoms. The van der Waals surface area contributed by atoms with Gasteiger partial charge in [-0.3, -0.25) is 10.1 Å². The van der Waals surface area contributed by atoms with Crippen molar-refractivity contribution in [2.45, 2.75) is 0 Å². The smallest absolute Gasteiger partial charge is 0.258 e. The van der Waals surface area contributed by atoms with Crippen LogP contribution in [0, 0.1) is 10.1 Å². The third-order valence-electron chi connectivity index (χ3n) is 4.10. The van der Waals surface area contributed by atoms with E-state index in [-0.39, 0.29) is 10.6 Å². The van der Waals surface area contributed by atoms with E-state index >= 15 is 0 Å². The van der Waals surface area contributed by atoms with Gasteiger partial charge in [-0.15, -0.1) is 3.96 Å². The summed E-state index contributed by atoms with van der Waals surface area (Å²) in [6, 6.07) is 27.1. The molecule has 0 aliphatic heterocycles. The highest BCUT2D eigenvalue weighted by Gasteiger charge is 2.22. The lowest BCUT2D eigenvalue weighted by atomic mass is 10.0. The average Bonchev–Trinajstić information content (AvgIpc) is 3.15. The standard InChI is InChI=1S/C21H15N2O2S/c24-23(25)19-13-7-12-18(14-19)22-15-20(16-8-3-1-4-9-16)21(26-22)17-10-5-2-6-11-17/h1-15H/q+1. The van der Waals surface area contributed by atoms with E-state index in [9.17, 15) is 10.1 Å². The first-order valence-corrected chi connectivity index (χ1v) is 8.91. The zero-order valence-corrected chi connectivity index (χ0v) is 14.6. The Hall–Kier alpha value is -3.31. The molecule has 0 saturated heterocycles. The summed E-state index contributed by atoms with van der Waals surface area (Å²) in [6.07, 6.45) is 2.04. The van der Waals surface area contributed by atoms with Gasteiger partial charge in [0.1, 0.15) is 16.4 Å².